The average molecular weight is 341 g/mol. The Balaban J connectivity index is 1.59. The van der Waals surface area contributed by atoms with E-state index in [0.717, 1.165) is 5.56 Å². The Morgan fingerprint density at radius 2 is 1.60 bits per heavy atom. The molecule has 3 rings (SSSR count). The summed E-state index contributed by atoms with van der Waals surface area (Å²) in [5.41, 5.74) is 2.05. The molecule has 0 aliphatic carbocycles. The van der Waals surface area contributed by atoms with Gasteiger partial charge in [0.05, 0.1) is 5.69 Å². The number of halogens is 1. The van der Waals surface area contributed by atoms with E-state index in [0.29, 0.717) is 37.6 Å². The number of para-hydroxylation sites is 2. The van der Waals surface area contributed by atoms with Crippen molar-refractivity contribution in [1.29, 1.82) is 0 Å². The first kappa shape index (κ1) is 17.0. The van der Waals surface area contributed by atoms with Crippen LogP contribution in [0, 0.1) is 12.7 Å². The summed E-state index contributed by atoms with van der Waals surface area (Å²) in [4.78, 5) is 27.9. The summed E-state index contributed by atoms with van der Waals surface area (Å²) in [6.45, 7) is 3.62. The third-order valence-corrected chi connectivity index (χ3v) is 4.35. The zero-order valence-corrected chi connectivity index (χ0v) is 14.0. The van der Waals surface area contributed by atoms with Gasteiger partial charge in [0, 0.05) is 31.9 Å². The van der Waals surface area contributed by atoms with Gasteiger partial charge >= 0.3 is 11.8 Å². The lowest BCUT2D eigenvalue weighted by molar-refractivity contribution is -0.143. The number of carbonyl (C=O) groups excluding carboxylic acids is 2. The van der Waals surface area contributed by atoms with Crippen LogP contribution in [-0.2, 0) is 9.59 Å². The molecule has 6 heteroatoms. The molecule has 0 unspecified atom stereocenters. The van der Waals surface area contributed by atoms with E-state index in [1.165, 1.54) is 11.0 Å². The monoisotopic (exact) mass is 341 g/mol. The predicted octanol–water partition coefficient (Wildman–Crippen LogP) is 2.42. The van der Waals surface area contributed by atoms with Crippen molar-refractivity contribution < 1.29 is 14.0 Å². The Labute approximate surface area is 146 Å². The van der Waals surface area contributed by atoms with E-state index >= 15 is 0 Å². The van der Waals surface area contributed by atoms with Crippen LogP contribution >= 0.6 is 0 Å². The van der Waals surface area contributed by atoms with Crippen LogP contribution in [0.4, 0.5) is 15.8 Å². The van der Waals surface area contributed by atoms with Gasteiger partial charge in [-0.1, -0.05) is 30.3 Å². The summed E-state index contributed by atoms with van der Waals surface area (Å²) in [7, 11) is 0. The zero-order valence-electron chi connectivity index (χ0n) is 14.0. The average Bonchev–Trinajstić information content (AvgIpc) is 2.63. The fourth-order valence-electron chi connectivity index (χ4n) is 2.89. The molecule has 25 heavy (non-hydrogen) atoms. The van der Waals surface area contributed by atoms with Crippen LogP contribution in [0.3, 0.4) is 0 Å². The molecule has 1 heterocycles. The van der Waals surface area contributed by atoms with Gasteiger partial charge in [0.15, 0.2) is 0 Å². The van der Waals surface area contributed by atoms with Crippen LogP contribution in [0.2, 0.25) is 0 Å². The number of hydrogen-bond donors (Lipinski definition) is 1. The van der Waals surface area contributed by atoms with Crippen LogP contribution in [-0.4, -0.2) is 42.9 Å². The fraction of sp³-hybridized carbons (Fsp3) is 0.263. The van der Waals surface area contributed by atoms with Gasteiger partial charge in [-0.05, 0) is 30.7 Å². The van der Waals surface area contributed by atoms with Gasteiger partial charge in [-0.15, -0.1) is 0 Å². The van der Waals surface area contributed by atoms with E-state index in [2.05, 4.69) is 5.32 Å². The summed E-state index contributed by atoms with van der Waals surface area (Å²) in [6, 6.07) is 13.9. The molecule has 130 valence electrons. The molecule has 0 atom stereocenters. The third-order valence-electron chi connectivity index (χ3n) is 4.35. The normalized spacial score (nSPS) is 14.3. The summed E-state index contributed by atoms with van der Waals surface area (Å²) in [5, 5.41) is 2.66. The number of nitrogens with zero attached hydrogens (tertiary/aromatic N) is 2. The summed E-state index contributed by atoms with van der Waals surface area (Å²) in [6.07, 6.45) is 0. The Hall–Kier alpha value is -2.89. The molecule has 2 amide bonds. The van der Waals surface area contributed by atoms with Gasteiger partial charge in [-0.3, -0.25) is 9.59 Å². The van der Waals surface area contributed by atoms with Crippen molar-refractivity contribution in [2.45, 2.75) is 6.92 Å². The standard InChI is InChI=1S/C19H20FN3O2/c1-14-6-2-4-8-16(14)21-18(24)19(25)23-12-10-22(11-13-23)17-9-5-3-7-15(17)20/h2-9H,10-13H2,1H3,(H,21,24). The molecule has 1 aliphatic rings. The van der Waals surface area contributed by atoms with E-state index < -0.39 is 11.8 Å². The SMILES string of the molecule is Cc1ccccc1NC(=O)C(=O)N1CCN(c2ccccc2F)CC1. The van der Waals surface area contributed by atoms with Crippen molar-refractivity contribution in [3.63, 3.8) is 0 Å². The highest BCUT2D eigenvalue weighted by Gasteiger charge is 2.27. The number of rotatable bonds is 2. The summed E-state index contributed by atoms with van der Waals surface area (Å²) >= 11 is 0. The second-order valence-electron chi connectivity index (χ2n) is 6.00. The summed E-state index contributed by atoms with van der Waals surface area (Å²) < 4.78 is 13.9. The lowest BCUT2D eigenvalue weighted by Crippen LogP contribution is -2.51. The molecule has 0 radical (unpaired) electrons. The minimum absolute atomic E-state index is 0.278. The number of amides is 2. The molecular formula is C19H20FN3O2. The minimum atomic E-state index is -0.645. The second-order valence-corrected chi connectivity index (χ2v) is 6.00. The molecule has 2 aromatic rings. The van der Waals surface area contributed by atoms with Crippen LogP contribution in [0.1, 0.15) is 5.56 Å². The van der Waals surface area contributed by atoms with E-state index in [4.69, 9.17) is 0 Å². The summed E-state index contributed by atoms with van der Waals surface area (Å²) in [5.74, 6) is -1.48. The first-order chi connectivity index (χ1) is 12.1. The number of carbonyl (C=O) groups is 2. The molecule has 1 fully saturated rings. The zero-order chi connectivity index (χ0) is 17.8. The highest BCUT2D eigenvalue weighted by molar-refractivity contribution is 6.39. The van der Waals surface area contributed by atoms with Crippen LogP contribution < -0.4 is 10.2 Å². The van der Waals surface area contributed by atoms with Crippen LogP contribution in [0.5, 0.6) is 0 Å². The Bertz CT molecular complexity index is 786. The van der Waals surface area contributed by atoms with E-state index in [1.807, 2.05) is 24.0 Å². The number of nitrogens with one attached hydrogen (secondary N) is 1. The molecule has 0 spiro atoms. The molecule has 0 saturated carbocycles. The highest BCUT2D eigenvalue weighted by Crippen LogP contribution is 2.20. The van der Waals surface area contributed by atoms with Crippen molar-refractivity contribution in [2.75, 3.05) is 36.4 Å². The minimum Gasteiger partial charge on any atom is -0.366 e. The maximum atomic E-state index is 13.9. The Morgan fingerprint density at radius 3 is 2.28 bits per heavy atom. The molecule has 2 aromatic carbocycles. The second kappa shape index (κ2) is 7.34. The lowest BCUT2D eigenvalue weighted by atomic mass is 10.2. The Kier molecular flexibility index (Phi) is 4.97. The van der Waals surface area contributed by atoms with Gasteiger partial charge in [0.25, 0.3) is 0 Å². The first-order valence-corrected chi connectivity index (χ1v) is 8.21. The molecule has 0 aromatic heterocycles. The quantitative estimate of drug-likeness (QED) is 0.854. The van der Waals surface area contributed by atoms with Crippen molar-refractivity contribution in [2.24, 2.45) is 0 Å². The number of anilines is 2. The first-order valence-electron chi connectivity index (χ1n) is 8.21. The van der Waals surface area contributed by atoms with Crippen molar-refractivity contribution in [3.05, 3.63) is 59.9 Å². The molecule has 0 bridgehead atoms. The number of piperazine rings is 1. The van der Waals surface area contributed by atoms with Crippen LogP contribution in [0.15, 0.2) is 48.5 Å². The van der Waals surface area contributed by atoms with Gasteiger partial charge in [-0.2, -0.15) is 0 Å². The van der Waals surface area contributed by atoms with Crippen molar-refractivity contribution in [3.8, 4) is 0 Å². The van der Waals surface area contributed by atoms with Gasteiger partial charge in [0.1, 0.15) is 5.82 Å². The topological polar surface area (TPSA) is 52.7 Å². The van der Waals surface area contributed by atoms with Crippen LogP contribution in [0.25, 0.3) is 0 Å². The molecule has 5 nitrogen and oxygen atoms in total. The van der Waals surface area contributed by atoms with Gasteiger partial charge < -0.3 is 15.1 Å². The maximum absolute atomic E-state index is 13.9. The van der Waals surface area contributed by atoms with Gasteiger partial charge in [0.2, 0.25) is 0 Å². The molecule has 1 saturated heterocycles. The number of aryl methyl sites for hydroxylation is 1. The lowest BCUT2D eigenvalue weighted by Gasteiger charge is -2.35. The van der Waals surface area contributed by atoms with Crippen molar-refractivity contribution in [1.82, 2.24) is 4.90 Å². The maximum Gasteiger partial charge on any atom is 0.313 e. The van der Waals surface area contributed by atoms with Crippen molar-refractivity contribution >= 4 is 23.2 Å². The van der Waals surface area contributed by atoms with E-state index in [1.54, 1.807) is 30.3 Å². The van der Waals surface area contributed by atoms with E-state index in [9.17, 15) is 14.0 Å². The molecule has 1 N–H and O–H groups in total. The van der Waals surface area contributed by atoms with E-state index in [-0.39, 0.29) is 5.82 Å². The fourth-order valence-corrected chi connectivity index (χ4v) is 2.89. The molecule has 1 aliphatic heterocycles. The van der Waals surface area contributed by atoms with Gasteiger partial charge in [-0.25, -0.2) is 4.39 Å². The predicted molar refractivity (Wildman–Crippen MR) is 95.0 cm³/mol. The highest BCUT2D eigenvalue weighted by atomic mass is 19.1. The number of hydrogen-bond acceptors (Lipinski definition) is 3. The largest absolute Gasteiger partial charge is 0.366 e. The Morgan fingerprint density at radius 1 is 0.960 bits per heavy atom. The third kappa shape index (κ3) is 3.79. The smallest absolute Gasteiger partial charge is 0.313 e. The number of benzene rings is 2. The molecular weight excluding hydrogens is 321 g/mol.